The van der Waals surface area contributed by atoms with Crippen LogP contribution in [0.25, 0.3) is 11.0 Å². The number of rotatable bonds is 4. The van der Waals surface area contributed by atoms with Crippen molar-refractivity contribution in [1.29, 1.82) is 0 Å². The molecule has 2 aromatic carbocycles. The predicted octanol–water partition coefficient (Wildman–Crippen LogP) is 1.85. The fraction of sp³-hybridized carbons (Fsp3) is 0.188. The van der Waals surface area contributed by atoms with Gasteiger partial charge in [0.25, 0.3) is 0 Å². The third-order valence-corrected chi connectivity index (χ3v) is 3.91. The first kappa shape index (κ1) is 13.1. The van der Waals surface area contributed by atoms with Crippen LogP contribution in [0.1, 0.15) is 5.82 Å². The Morgan fingerprint density at radius 1 is 1.05 bits per heavy atom. The molecule has 2 heterocycles. The summed E-state index contributed by atoms with van der Waals surface area (Å²) in [6, 6.07) is 16.3. The lowest BCUT2D eigenvalue weighted by atomic mass is 10.2. The summed E-state index contributed by atoms with van der Waals surface area (Å²) in [6.07, 6.45) is 0. The molecule has 1 aromatic heterocycles. The zero-order valence-corrected chi connectivity index (χ0v) is 12.2. The second-order valence-corrected chi connectivity index (χ2v) is 5.30. The Morgan fingerprint density at radius 3 is 2.77 bits per heavy atom. The average Bonchev–Trinajstić information content (AvgIpc) is 3.11. The van der Waals surface area contributed by atoms with E-state index in [2.05, 4.69) is 32.7 Å². The van der Waals surface area contributed by atoms with E-state index in [1.54, 1.807) is 0 Å². The molecule has 1 aliphatic rings. The summed E-state index contributed by atoms with van der Waals surface area (Å²) in [7, 11) is 0. The summed E-state index contributed by atoms with van der Waals surface area (Å²) in [5.41, 5.74) is 16.5. The molecule has 0 aliphatic carbocycles. The molecule has 112 valence electrons. The summed E-state index contributed by atoms with van der Waals surface area (Å²) in [5, 5.41) is 2.06. The van der Waals surface area contributed by atoms with Crippen molar-refractivity contribution in [2.75, 3.05) is 17.0 Å². The van der Waals surface area contributed by atoms with E-state index in [1.165, 1.54) is 0 Å². The van der Waals surface area contributed by atoms with Gasteiger partial charge in [-0.05, 0) is 24.3 Å². The molecule has 0 amide bonds. The van der Waals surface area contributed by atoms with Crippen molar-refractivity contribution in [3.63, 3.8) is 0 Å². The van der Waals surface area contributed by atoms with Crippen LogP contribution in [0.3, 0.4) is 0 Å². The fourth-order valence-electron chi connectivity index (χ4n) is 2.89. The number of fused-ring (bicyclic) bond motifs is 2. The Kier molecular flexibility index (Phi) is 3.17. The van der Waals surface area contributed by atoms with Crippen molar-refractivity contribution in [1.82, 2.24) is 15.1 Å². The van der Waals surface area contributed by atoms with Crippen LogP contribution in [0.4, 0.5) is 11.4 Å². The van der Waals surface area contributed by atoms with E-state index >= 15 is 0 Å². The molecule has 6 nitrogen and oxygen atoms in total. The number of anilines is 2. The number of nitrogens with two attached hydrogens (primary N) is 1. The maximum atomic E-state index is 5.77. The van der Waals surface area contributed by atoms with Crippen LogP contribution < -0.4 is 21.7 Å². The lowest BCUT2D eigenvalue weighted by Gasteiger charge is -2.18. The Morgan fingerprint density at radius 2 is 1.86 bits per heavy atom. The van der Waals surface area contributed by atoms with Crippen LogP contribution in [0, 0.1) is 0 Å². The van der Waals surface area contributed by atoms with Gasteiger partial charge in [-0.2, -0.15) is 0 Å². The molecule has 3 aromatic rings. The molecule has 0 bridgehead atoms. The van der Waals surface area contributed by atoms with Crippen LogP contribution >= 0.6 is 0 Å². The van der Waals surface area contributed by atoms with Crippen LogP contribution in [-0.4, -0.2) is 16.1 Å². The highest BCUT2D eigenvalue weighted by molar-refractivity contribution is 5.76. The highest BCUT2D eigenvalue weighted by Crippen LogP contribution is 2.29. The third-order valence-electron chi connectivity index (χ3n) is 3.91. The zero-order chi connectivity index (χ0) is 14.9. The smallest absolute Gasteiger partial charge is 0.131 e. The largest absolute Gasteiger partial charge is 0.329 e. The van der Waals surface area contributed by atoms with Crippen molar-refractivity contribution in [3.05, 3.63) is 54.4 Å². The lowest BCUT2D eigenvalue weighted by Crippen LogP contribution is -2.36. The van der Waals surface area contributed by atoms with E-state index in [0.29, 0.717) is 13.1 Å². The number of para-hydroxylation sites is 4. The number of hydrogen-bond donors (Lipinski definition) is 3. The molecule has 6 heteroatoms. The average molecular weight is 294 g/mol. The maximum absolute atomic E-state index is 5.77. The van der Waals surface area contributed by atoms with Crippen molar-refractivity contribution >= 4 is 22.4 Å². The highest BCUT2D eigenvalue weighted by Gasteiger charge is 2.20. The monoisotopic (exact) mass is 294 g/mol. The number of aromatic nitrogens is 2. The first-order valence-electron chi connectivity index (χ1n) is 7.39. The molecule has 22 heavy (non-hydrogen) atoms. The number of nitrogens with one attached hydrogen (secondary N) is 2. The molecule has 0 saturated carbocycles. The number of imidazole rings is 1. The molecule has 0 fully saturated rings. The van der Waals surface area contributed by atoms with Gasteiger partial charge in [0.1, 0.15) is 5.82 Å². The van der Waals surface area contributed by atoms with Gasteiger partial charge in [0.05, 0.1) is 29.0 Å². The second kappa shape index (κ2) is 5.32. The predicted molar refractivity (Wildman–Crippen MR) is 88.2 cm³/mol. The van der Waals surface area contributed by atoms with Gasteiger partial charge >= 0.3 is 0 Å². The van der Waals surface area contributed by atoms with E-state index < -0.39 is 0 Å². The number of hydrazine groups is 2. The summed E-state index contributed by atoms with van der Waals surface area (Å²) >= 11 is 0. The standard InChI is InChI=1S/C16H18N6/c17-9-10-21-14-7-3-1-5-12(14)18-16(21)11-22-15-8-4-2-6-13(15)19-20-22/h1-8,19-20H,9-11,17H2. The zero-order valence-electron chi connectivity index (χ0n) is 12.2. The van der Waals surface area contributed by atoms with Crippen LogP contribution in [0.15, 0.2) is 48.5 Å². The Hall–Kier alpha value is -2.57. The first-order valence-corrected chi connectivity index (χ1v) is 7.39. The van der Waals surface area contributed by atoms with Crippen molar-refractivity contribution < 1.29 is 0 Å². The van der Waals surface area contributed by atoms with Crippen LogP contribution in [0.2, 0.25) is 0 Å². The SMILES string of the molecule is NCCn1c(CN2NNc3ccccc32)nc2ccccc21. The molecule has 4 rings (SSSR count). The van der Waals surface area contributed by atoms with E-state index in [9.17, 15) is 0 Å². The maximum Gasteiger partial charge on any atom is 0.131 e. The second-order valence-electron chi connectivity index (χ2n) is 5.30. The molecule has 0 unspecified atom stereocenters. The van der Waals surface area contributed by atoms with Crippen LogP contribution in [0.5, 0.6) is 0 Å². The summed E-state index contributed by atoms with van der Waals surface area (Å²) in [5.74, 6) is 0.998. The summed E-state index contributed by atoms with van der Waals surface area (Å²) in [6.45, 7) is 2.02. The van der Waals surface area contributed by atoms with Gasteiger partial charge in [0.2, 0.25) is 0 Å². The third kappa shape index (κ3) is 2.09. The van der Waals surface area contributed by atoms with Gasteiger partial charge in [-0.15, -0.1) is 5.53 Å². The highest BCUT2D eigenvalue weighted by atomic mass is 15.7. The van der Waals surface area contributed by atoms with E-state index in [1.807, 2.05) is 36.4 Å². The molecular weight excluding hydrogens is 276 g/mol. The summed E-state index contributed by atoms with van der Waals surface area (Å²) < 4.78 is 2.19. The van der Waals surface area contributed by atoms with Gasteiger partial charge < -0.3 is 15.7 Å². The van der Waals surface area contributed by atoms with E-state index in [-0.39, 0.29) is 0 Å². The minimum Gasteiger partial charge on any atom is -0.329 e. The first-order chi connectivity index (χ1) is 10.9. The Bertz CT molecular complexity index is 809. The lowest BCUT2D eigenvalue weighted by molar-refractivity contribution is 0.633. The van der Waals surface area contributed by atoms with Gasteiger partial charge in [-0.25, -0.2) is 4.98 Å². The minimum atomic E-state index is 0.593. The number of hydrogen-bond acceptors (Lipinski definition) is 5. The Balaban J connectivity index is 1.71. The van der Waals surface area contributed by atoms with Gasteiger partial charge in [-0.1, -0.05) is 24.3 Å². The van der Waals surface area contributed by atoms with E-state index in [0.717, 1.165) is 34.8 Å². The summed E-state index contributed by atoms with van der Waals surface area (Å²) in [4.78, 5) is 4.77. The van der Waals surface area contributed by atoms with Crippen molar-refractivity contribution in [3.8, 4) is 0 Å². The van der Waals surface area contributed by atoms with Crippen molar-refractivity contribution in [2.24, 2.45) is 5.73 Å². The normalized spacial score (nSPS) is 13.4. The van der Waals surface area contributed by atoms with Gasteiger partial charge in [-0.3, -0.25) is 5.01 Å². The van der Waals surface area contributed by atoms with Gasteiger partial charge in [0, 0.05) is 13.1 Å². The molecule has 0 atom stereocenters. The molecule has 0 radical (unpaired) electrons. The van der Waals surface area contributed by atoms with Crippen LogP contribution in [-0.2, 0) is 13.1 Å². The van der Waals surface area contributed by atoms with Gasteiger partial charge in [0.15, 0.2) is 0 Å². The molecule has 0 saturated heterocycles. The Labute approximate surface area is 128 Å². The quantitative estimate of drug-likeness (QED) is 0.685. The molecule has 1 aliphatic heterocycles. The fourth-order valence-corrected chi connectivity index (χ4v) is 2.89. The molecule has 0 spiro atoms. The minimum absolute atomic E-state index is 0.593. The number of benzene rings is 2. The molecular formula is C16H18N6. The van der Waals surface area contributed by atoms with E-state index in [4.69, 9.17) is 10.7 Å². The molecule has 4 N–H and O–H groups in total. The topological polar surface area (TPSA) is 71.1 Å². The van der Waals surface area contributed by atoms with Crippen molar-refractivity contribution in [2.45, 2.75) is 13.1 Å². The number of nitrogens with zero attached hydrogens (tertiary/aromatic N) is 3.